The predicted molar refractivity (Wildman–Crippen MR) is 265 cm³/mol. The maximum atomic E-state index is 13.8. The molecule has 75 heavy (non-hydrogen) atoms. The number of aliphatic carboxylic acids is 1. The number of amides is 4. The summed E-state index contributed by atoms with van der Waals surface area (Å²) >= 11 is 0. The number of nitrogens with zero attached hydrogens (tertiary/aromatic N) is 10. The molecule has 4 heterocycles. The number of tetrazole rings is 2. The number of ether oxygens (including phenoxy) is 5. The van der Waals surface area contributed by atoms with E-state index in [9.17, 15) is 33.9 Å². The van der Waals surface area contributed by atoms with Crippen molar-refractivity contribution in [2.24, 2.45) is 10.8 Å². The number of aromatic nitrogens is 8. The molecule has 25 nitrogen and oxygen atoms in total. The van der Waals surface area contributed by atoms with Crippen molar-refractivity contribution in [3.63, 3.8) is 0 Å². The number of nitrogens with one attached hydrogen (secondary N) is 2. The minimum atomic E-state index is -1.15. The SMILES string of the molecule is COC(=O)[C@@H]1C[C@@H](n2nnc(-c3ccc(OC)cc3)n2)CN1C(=O)[C@@H](NC(=O)OC(C)(C)C)C(C)(C)C.COc1ccc(-c2nnn([C@@H]3C[C@@H](C(=O)O)N(C(=O)[C@@H](NC(=O)OC(C)(C)C)C(C)(C)C)C3)n2)cc1.[Li+].[OH-]. The number of hydrogen-bond acceptors (Lipinski definition) is 18. The first-order chi connectivity index (χ1) is 33.9. The molecule has 0 aliphatic carbocycles. The van der Waals surface area contributed by atoms with E-state index in [4.69, 9.17) is 23.7 Å². The molecule has 6 atom stereocenters. The maximum absolute atomic E-state index is 13.8. The molecule has 2 aromatic heterocycles. The zero-order valence-corrected chi connectivity index (χ0v) is 45.8. The fourth-order valence-electron chi connectivity index (χ4n) is 7.99. The number of carbonyl (C=O) groups excluding carboxylic acids is 5. The summed E-state index contributed by atoms with van der Waals surface area (Å²) in [6, 6.07) is 9.50. The molecule has 26 heteroatoms. The third kappa shape index (κ3) is 16.6. The number of benzene rings is 2. The van der Waals surface area contributed by atoms with Crippen LogP contribution in [0.4, 0.5) is 9.59 Å². The summed E-state index contributed by atoms with van der Waals surface area (Å²) in [7, 11) is 4.43. The number of methoxy groups -OCH3 is 3. The van der Waals surface area contributed by atoms with E-state index in [1.165, 1.54) is 26.5 Å². The van der Waals surface area contributed by atoms with E-state index in [1.807, 2.05) is 32.9 Å². The van der Waals surface area contributed by atoms with Gasteiger partial charge in [0.1, 0.15) is 46.9 Å². The fraction of sp³-hybridized carbons (Fsp3) is 0.592. The van der Waals surface area contributed by atoms with Crippen LogP contribution in [0.3, 0.4) is 0 Å². The molecule has 4 aromatic rings. The average Bonchev–Trinajstić information content (AvgIpc) is 4.14. The Hall–Kier alpha value is -6.84. The van der Waals surface area contributed by atoms with E-state index in [0.717, 1.165) is 11.1 Å². The molecule has 2 saturated heterocycles. The summed E-state index contributed by atoms with van der Waals surface area (Å²) in [5.41, 5.74) is -1.39. The molecule has 0 radical (unpaired) electrons. The van der Waals surface area contributed by atoms with Crippen molar-refractivity contribution in [1.82, 2.24) is 60.8 Å². The van der Waals surface area contributed by atoms with Crippen LogP contribution in [0.2, 0.25) is 0 Å². The Labute approximate surface area is 448 Å². The van der Waals surface area contributed by atoms with Crippen LogP contribution in [-0.4, -0.2) is 167 Å². The first kappa shape index (κ1) is 62.5. The molecule has 4 N–H and O–H groups in total. The van der Waals surface area contributed by atoms with E-state index in [2.05, 4.69) is 41.5 Å². The van der Waals surface area contributed by atoms with Crippen LogP contribution in [0.25, 0.3) is 22.8 Å². The molecule has 0 saturated carbocycles. The molecule has 0 spiro atoms. The van der Waals surface area contributed by atoms with Crippen LogP contribution >= 0.6 is 0 Å². The van der Waals surface area contributed by atoms with E-state index in [-0.39, 0.29) is 50.3 Å². The number of likely N-dealkylation sites (tertiary alicyclic amines) is 2. The van der Waals surface area contributed by atoms with Gasteiger partial charge in [-0.05, 0) is 111 Å². The first-order valence-electron chi connectivity index (χ1n) is 23.7. The fourth-order valence-corrected chi connectivity index (χ4v) is 7.99. The van der Waals surface area contributed by atoms with Gasteiger partial charge >= 0.3 is 43.0 Å². The summed E-state index contributed by atoms with van der Waals surface area (Å²) in [5.74, 6) is -0.480. The molecular weight excluding hydrogens is 972 g/mol. The topological polar surface area (TPSA) is 317 Å². The standard InChI is InChI=1S/C25H36N6O6.C24H34N6O6.Li.H2O/c1-24(2,3)19(26-23(34)37-25(4,5)6)21(32)30-14-16(13-18(30)22(33)36-8)31-28-20(27-29-31)15-9-11-17(35-7)12-10-15;1-23(2,3)18(25-22(34)36-24(4,5)6)20(31)29-13-15(12-17(29)21(32)33)30-27-19(26-28-30)14-8-10-16(35-7)11-9-14;;/h9-12,16,18-19H,13-14H2,1-8H3,(H,26,34);8-11,15,17-18H,12-13H2,1-7H3,(H,25,34)(H,32,33);;1H2/q;;+1;/p-1/t16-,18+,19-;15-,17+,18-;;/m11../s1. The van der Waals surface area contributed by atoms with Crippen molar-refractivity contribution >= 4 is 35.9 Å². The molecule has 6 rings (SSSR count). The normalized spacial score (nSPS) is 18.4. The van der Waals surface area contributed by atoms with Gasteiger partial charge in [0, 0.05) is 37.1 Å². The van der Waals surface area contributed by atoms with Crippen LogP contribution in [0.5, 0.6) is 11.5 Å². The number of carboxylic acid groups (broad SMARTS) is 1. The van der Waals surface area contributed by atoms with Crippen molar-refractivity contribution in [1.29, 1.82) is 0 Å². The Morgan fingerprint density at radius 1 is 0.587 bits per heavy atom. The minimum Gasteiger partial charge on any atom is -0.870 e. The second-order valence-corrected chi connectivity index (χ2v) is 21.9. The van der Waals surface area contributed by atoms with Gasteiger partial charge in [-0.25, -0.2) is 19.2 Å². The van der Waals surface area contributed by atoms with E-state index in [1.54, 1.807) is 113 Å². The number of carboxylic acids is 1. The summed E-state index contributed by atoms with van der Waals surface area (Å²) in [6.45, 7) is 21.4. The number of carbonyl (C=O) groups is 6. The van der Waals surface area contributed by atoms with Crippen molar-refractivity contribution < 1.29 is 81.9 Å². The van der Waals surface area contributed by atoms with Crippen molar-refractivity contribution in [2.75, 3.05) is 34.4 Å². The first-order valence-corrected chi connectivity index (χ1v) is 23.7. The zero-order chi connectivity index (χ0) is 54.4. The molecule has 2 aromatic carbocycles. The van der Waals surface area contributed by atoms with Gasteiger partial charge < -0.3 is 54.7 Å². The monoisotopic (exact) mass is 1040 g/mol. The molecule has 0 bridgehead atoms. The van der Waals surface area contributed by atoms with Crippen molar-refractivity contribution in [3.05, 3.63) is 48.5 Å². The van der Waals surface area contributed by atoms with E-state index >= 15 is 0 Å². The van der Waals surface area contributed by atoms with Crippen LogP contribution in [0.1, 0.15) is 108 Å². The molecule has 2 aliphatic heterocycles. The Morgan fingerprint density at radius 3 is 1.24 bits per heavy atom. The Bertz CT molecular complexity index is 2580. The van der Waals surface area contributed by atoms with Crippen molar-refractivity contribution in [3.8, 4) is 34.3 Å². The van der Waals surface area contributed by atoms with Crippen LogP contribution in [0.15, 0.2) is 48.5 Å². The van der Waals surface area contributed by atoms with Crippen LogP contribution < -0.4 is 39.0 Å². The Kier molecular flexibility index (Phi) is 20.9. The number of rotatable bonds is 12. The summed E-state index contributed by atoms with van der Waals surface area (Å²) in [5, 5.41) is 40.6. The van der Waals surface area contributed by atoms with Gasteiger partial charge in [0.2, 0.25) is 23.5 Å². The number of hydrogen-bond donors (Lipinski definition) is 3. The van der Waals surface area contributed by atoms with Gasteiger partial charge in [-0.2, -0.15) is 9.59 Å². The summed E-state index contributed by atoms with van der Waals surface area (Å²) in [6.07, 6.45) is -1.13. The van der Waals surface area contributed by atoms with Gasteiger partial charge in [-0.15, -0.1) is 20.4 Å². The van der Waals surface area contributed by atoms with Gasteiger partial charge in [0.25, 0.3) is 0 Å². The number of alkyl carbamates (subject to hydrolysis) is 2. The Balaban J connectivity index is 0.000000385. The predicted octanol–water partition coefficient (Wildman–Crippen LogP) is 1.95. The van der Waals surface area contributed by atoms with Gasteiger partial charge in [-0.1, -0.05) is 41.5 Å². The molecule has 4 amide bonds. The molecule has 2 fully saturated rings. The average molecular weight is 1040 g/mol. The number of esters is 1. The van der Waals surface area contributed by atoms with Crippen molar-refractivity contribution in [2.45, 2.75) is 143 Å². The van der Waals surface area contributed by atoms with Gasteiger partial charge in [0.15, 0.2) is 0 Å². The molecule has 0 unspecified atom stereocenters. The van der Waals surface area contributed by atoms with Crippen LogP contribution in [-0.2, 0) is 33.4 Å². The summed E-state index contributed by atoms with van der Waals surface area (Å²) < 4.78 is 26.0. The molecule has 2 aliphatic rings. The van der Waals surface area contributed by atoms with Gasteiger partial charge in [0.05, 0.1) is 33.4 Å². The largest absolute Gasteiger partial charge is 1.00 e. The second-order valence-electron chi connectivity index (χ2n) is 21.9. The molecule has 406 valence electrons. The zero-order valence-electron chi connectivity index (χ0n) is 45.8. The molecular formula is C49H71LiN12O13. The smallest absolute Gasteiger partial charge is 0.870 e. The third-order valence-corrected chi connectivity index (χ3v) is 11.6. The minimum absolute atomic E-state index is 0. The third-order valence-electron chi connectivity index (χ3n) is 11.6. The van der Waals surface area contributed by atoms with Crippen LogP contribution in [0, 0.1) is 10.8 Å². The van der Waals surface area contributed by atoms with Gasteiger partial charge in [-0.3, -0.25) is 9.59 Å². The Morgan fingerprint density at radius 2 is 0.933 bits per heavy atom. The van der Waals surface area contributed by atoms with E-state index in [0.29, 0.717) is 23.1 Å². The maximum Gasteiger partial charge on any atom is 1.00 e. The van der Waals surface area contributed by atoms with E-state index < -0.39 is 94.2 Å². The summed E-state index contributed by atoms with van der Waals surface area (Å²) in [4.78, 5) is 82.5. The second kappa shape index (κ2) is 25.1. The quantitative estimate of drug-likeness (QED) is 0.104.